The lowest BCUT2D eigenvalue weighted by Gasteiger charge is -2.08. The highest BCUT2D eigenvalue weighted by atomic mass is 19.1. The molecule has 0 aliphatic heterocycles. The van der Waals surface area contributed by atoms with E-state index in [4.69, 9.17) is 10.5 Å². The minimum Gasteiger partial charge on any atom is -0.481 e. The Morgan fingerprint density at radius 1 is 1.40 bits per heavy atom. The number of nitrogen functional groups attached to an aromatic ring is 1. The van der Waals surface area contributed by atoms with Crippen molar-refractivity contribution in [2.24, 2.45) is 0 Å². The molecule has 0 fully saturated rings. The standard InChI is InChI=1S/C14H14FN3O2/c1-20-13-6-9(4-5-17-13)8-18-14(19)11-7-10(15)2-3-12(11)16/h2-7H,8,16H2,1H3,(H,18,19). The number of carbonyl (C=O) groups excluding carboxylic acids is 1. The molecule has 0 unspecified atom stereocenters. The lowest BCUT2D eigenvalue weighted by Crippen LogP contribution is -2.24. The molecule has 0 atom stereocenters. The molecule has 5 nitrogen and oxygen atoms in total. The van der Waals surface area contributed by atoms with Crippen molar-refractivity contribution in [1.82, 2.24) is 10.3 Å². The summed E-state index contributed by atoms with van der Waals surface area (Å²) in [4.78, 5) is 15.9. The molecule has 2 aromatic rings. The molecule has 1 aromatic heterocycles. The maximum Gasteiger partial charge on any atom is 0.253 e. The average molecular weight is 275 g/mol. The lowest BCUT2D eigenvalue weighted by molar-refractivity contribution is 0.0951. The van der Waals surface area contributed by atoms with Crippen molar-refractivity contribution in [3.05, 3.63) is 53.5 Å². The molecule has 0 saturated carbocycles. The topological polar surface area (TPSA) is 77.2 Å². The summed E-state index contributed by atoms with van der Waals surface area (Å²) in [6.45, 7) is 0.271. The van der Waals surface area contributed by atoms with Gasteiger partial charge in [-0.15, -0.1) is 0 Å². The fourth-order valence-corrected chi connectivity index (χ4v) is 1.67. The molecule has 2 rings (SSSR count). The summed E-state index contributed by atoms with van der Waals surface area (Å²) in [7, 11) is 1.51. The van der Waals surface area contributed by atoms with Gasteiger partial charge in [-0.05, 0) is 29.8 Å². The van der Waals surface area contributed by atoms with Crippen LogP contribution < -0.4 is 15.8 Å². The van der Waals surface area contributed by atoms with Crippen LogP contribution in [-0.4, -0.2) is 18.0 Å². The van der Waals surface area contributed by atoms with Gasteiger partial charge >= 0.3 is 0 Å². The van der Waals surface area contributed by atoms with Crippen LogP contribution in [0.4, 0.5) is 10.1 Å². The Labute approximate surface area is 115 Å². The van der Waals surface area contributed by atoms with Crippen LogP contribution in [-0.2, 0) is 6.54 Å². The quantitative estimate of drug-likeness (QED) is 0.833. The second kappa shape index (κ2) is 6.01. The van der Waals surface area contributed by atoms with E-state index in [0.717, 1.165) is 11.6 Å². The Bertz CT molecular complexity index is 632. The van der Waals surface area contributed by atoms with Crippen LogP contribution >= 0.6 is 0 Å². The predicted molar refractivity (Wildman–Crippen MR) is 72.8 cm³/mol. The molecule has 0 bridgehead atoms. The fraction of sp³-hybridized carbons (Fsp3) is 0.143. The molecule has 0 aliphatic carbocycles. The molecular formula is C14H14FN3O2. The summed E-state index contributed by atoms with van der Waals surface area (Å²) in [5.41, 5.74) is 6.82. The molecule has 0 aliphatic rings. The highest BCUT2D eigenvalue weighted by Gasteiger charge is 2.10. The highest BCUT2D eigenvalue weighted by molar-refractivity contribution is 5.99. The first-order chi connectivity index (χ1) is 9.60. The number of halogens is 1. The molecular weight excluding hydrogens is 261 g/mol. The zero-order chi connectivity index (χ0) is 14.5. The number of nitrogens with zero attached hydrogens (tertiary/aromatic N) is 1. The van der Waals surface area contributed by atoms with Gasteiger partial charge in [0, 0.05) is 24.5 Å². The molecule has 3 N–H and O–H groups in total. The maximum atomic E-state index is 13.1. The summed E-state index contributed by atoms with van der Waals surface area (Å²) in [6, 6.07) is 7.13. The van der Waals surface area contributed by atoms with Crippen LogP contribution in [0, 0.1) is 5.82 Å². The van der Waals surface area contributed by atoms with E-state index in [1.807, 2.05) is 0 Å². The number of nitrogens with two attached hydrogens (primary N) is 1. The number of benzene rings is 1. The number of aromatic nitrogens is 1. The molecule has 20 heavy (non-hydrogen) atoms. The molecule has 1 aromatic carbocycles. The normalized spacial score (nSPS) is 10.1. The van der Waals surface area contributed by atoms with Crippen molar-refractivity contribution in [1.29, 1.82) is 0 Å². The number of rotatable bonds is 4. The minimum atomic E-state index is -0.505. The molecule has 6 heteroatoms. The van der Waals surface area contributed by atoms with Gasteiger partial charge in [0.2, 0.25) is 5.88 Å². The number of amides is 1. The summed E-state index contributed by atoms with van der Waals surface area (Å²) in [6.07, 6.45) is 1.58. The number of anilines is 1. The average Bonchev–Trinajstić information content (AvgIpc) is 2.47. The Kier molecular flexibility index (Phi) is 4.14. The van der Waals surface area contributed by atoms with E-state index < -0.39 is 11.7 Å². The van der Waals surface area contributed by atoms with Crippen LogP contribution in [0.2, 0.25) is 0 Å². The molecule has 0 spiro atoms. The van der Waals surface area contributed by atoms with Crippen LogP contribution in [0.3, 0.4) is 0 Å². The van der Waals surface area contributed by atoms with Gasteiger partial charge in [-0.3, -0.25) is 4.79 Å². The maximum absolute atomic E-state index is 13.1. The third kappa shape index (κ3) is 3.23. The summed E-state index contributed by atoms with van der Waals surface area (Å²) in [5.74, 6) is -0.477. The monoisotopic (exact) mass is 275 g/mol. The predicted octanol–water partition coefficient (Wildman–Crippen LogP) is 1.74. The van der Waals surface area contributed by atoms with E-state index >= 15 is 0 Å². The van der Waals surface area contributed by atoms with E-state index in [1.54, 1.807) is 18.3 Å². The number of carbonyl (C=O) groups is 1. The Hall–Kier alpha value is -2.63. The zero-order valence-electron chi connectivity index (χ0n) is 10.9. The summed E-state index contributed by atoms with van der Waals surface area (Å²) >= 11 is 0. The number of methoxy groups -OCH3 is 1. The van der Waals surface area contributed by atoms with Gasteiger partial charge in [0.1, 0.15) is 5.82 Å². The van der Waals surface area contributed by atoms with Crippen LogP contribution in [0.5, 0.6) is 5.88 Å². The number of pyridine rings is 1. The molecule has 104 valence electrons. The Morgan fingerprint density at radius 2 is 2.20 bits per heavy atom. The fourth-order valence-electron chi connectivity index (χ4n) is 1.67. The van der Waals surface area contributed by atoms with Crippen molar-refractivity contribution >= 4 is 11.6 Å². The summed E-state index contributed by atoms with van der Waals surface area (Å²) in [5, 5.41) is 2.67. The first-order valence-electron chi connectivity index (χ1n) is 5.92. The highest BCUT2D eigenvalue weighted by Crippen LogP contribution is 2.14. The van der Waals surface area contributed by atoms with Crippen molar-refractivity contribution in [2.75, 3.05) is 12.8 Å². The van der Waals surface area contributed by atoms with E-state index in [1.165, 1.54) is 19.2 Å². The van der Waals surface area contributed by atoms with Crippen LogP contribution in [0.15, 0.2) is 36.5 Å². The number of ether oxygens (including phenoxy) is 1. The molecule has 1 heterocycles. The molecule has 0 saturated heterocycles. The minimum absolute atomic E-state index is 0.117. The van der Waals surface area contributed by atoms with E-state index in [0.29, 0.717) is 5.88 Å². The van der Waals surface area contributed by atoms with Crippen LogP contribution in [0.1, 0.15) is 15.9 Å². The first kappa shape index (κ1) is 13.8. The zero-order valence-corrected chi connectivity index (χ0v) is 10.9. The van der Waals surface area contributed by atoms with Gasteiger partial charge in [-0.1, -0.05) is 0 Å². The third-order valence-corrected chi connectivity index (χ3v) is 2.72. The van der Waals surface area contributed by atoms with Gasteiger partial charge in [0.25, 0.3) is 5.91 Å². The smallest absolute Gasteiger partial charge is 0.253 e. The summed E-state index contributed by atoms with van der Waals surface area (Å²) < 4.78 is 18.1. The second-order valence-corrected chi connectivity index (χ2v) is 4.12. The molecule has 0 radical (unpaired) electrons. The van der Waals surface area contributed by atoms with Gasteiger partial charge in [-0.2, -0.15) is 0 Å². The van der Waals surface area contributed by atoms with Crippen molar-refractivity contribution in [3.63, 3.8) is 0 Å². The van der Waals surface area contributed by atoms with Gasteiger partial charge < -0.3 is 15.8 Å². The van der Waals surface area contributed by atoms with E-state index in [9.17, 15) is 9.18 Å². The third-order valence-electron chi connectivity index (χ3n) is 2.72. The Balaban J connectivity index is 2.06. The van der Waals surface area contributed by atoms with E-state index in [-0.39, 0.29) is 17.8 Å². The van der Waals surface area contributed by atoms with Gasteiger partial charge in [0.15, 0.2) is 0 Å². The lowest BCUT2D eigenvalue weighted by atomic mass is 10.1. The van der Waals surface area contributed by atoms with Crippen molar-refractivity contribution in [2.45, 2.75) is 6.54 Å². The Morgan fingerprint density at radius 3 is 2.95 bits per heavy atom. The largest absolute Gasteiger partial charge is 0.481 e. The van der Waals surface area contributed by atoms with Crippen molar-refractivity contribution < 1.29 is 13.9 Å². The first-order valence-corrected chi connectivity index (χ1v) is 5.92. The van der Waals surface area contributed by atoms with Crippen molar-refractivity contribution in [3.8, 4) is 5.88 Å². The number of hydrogen-bond acceptors (Lipinski definition) is 4. The van der Waals surface area contributed by atoms with E-state index in [2.05, 4.69) is 10.3 Å². The SMILES string of the molecule is COc1cc(CNC(=O)c2cc(F)ccc2N)ccn1. The second-order valence-electron chi connectivity index (χ2n) is 4.12. The number of nitrogens with one attached hydrogen (secondary N) is 1. The van der Waals surface area contributed by atoms with Gasteiger partial charge in [-0.25, -0.2) is 9.37 Å². The number of hydrogen-bond donors (Lipinski definition) is 2. The molecule has 1 amide bonds. The van der Waals surface area contributed by atoms with Gasteiger partial charge in [0.05, 0.1) is 12.7 Å². The van der Waals surface area contributed by atoms with Crippen LogP contribution in [0.25, 0.3) is 0 Å².